The fourth-order valence-electron chi connectivity index (χ4n) is 1.56. The lowest BCUT2D eigenvalue weighted by Gasteiger charge is -2.03. The third-order valence-corrected chi connectivity index (χ3v) is 2.31. The van der Waals surface area contributed by atoms with Gasteiger partial charge in [0.1, 0.15) is 0 Å². The molecule has 0 saturated carbocycles. The highest BCUT2D eigenvalue weighted by Crippen LogP contribution is 2.19. The lowest BCUT2D eigenvalue weighted by Crippen LogP contribution is -1.87. The lowest BCUT2D eigenvalue weighted by atomic mass is 10.0. The van der Waals surface area contributed by atoms with Gasteiger partial charge in [-0.1, -0.05) is 36.4 Å². The van der Waals surface area contributed by atoms with Gasteiger partial charge in [0, 0.05) is 5.56 Å². The Morgan fingerprint density at radius 1 is 1.07 bits per heavy atom. The summed E-state index contributed by atoms with van der Waals surface area (Å²) in [4.78, 5) is 10.8. The summed E-state index contributed by atoms with van der Waals surface area (Å²) in [6, 6.07) is 11.9. The number of rotatable bonds is 1. The molecule has 0 N–H and O–H groups in total. The zero-order chi connectivity index (χ0) is 9.26. The van der Waals surface area contributed by atoms with Gasteiger partial charge in [0.2, 0.25) is 0 Å². The van der Waals surface area contributed by atoms with Crippen molar-refractivity contribution < 1.29 is 4.79 Å². The number of benzene rings is 2. The molecular formula is C12H12OS. The molecule has 2 rings (SSSR count). The molecule has 0 aromatic heterocycles. The molecule has 2 aromatic carbocycles. The maximum Gasteiger partial charge on any atom is 0.150 e. The lowest BCUT2D eigenvalue weighted by molar-refractivity contribution is 0.112. The van der Waals surface area contributed by atoms with E-state index in [2.05, 4.69) is 0 Å². The smallest absolute Gasteiger partial charge is 0.150 e. The molecule has 14 heavy (non-hydrogen) atoms. The van der Waals surface area contributed by atoms with Crippen molar-refractivity contribution >= 4 is 30.6 Å². The van der Waals surface area contributed by atoms with E-state index in [-0.39, 0.29) is 13.5 Å². The standard InChI is InChI=1S/C12H10O.H2S/c1-9-6-7-10-4-2-3-5-11(10)12(9)8-13;/h2-8H,1H3;1H2. The van der Waals surface area contributed by atoms with Crippen LogP contribution >= 0.6 is 13.5 Å². The number of hydrogen-bond acceptors (Lipinski definition) is 1. The number of fused-ring (bicyclic) bond motifs is 1. The van der Waals surface area contributed by atoms with E-state index in [1.165, 1.54) is 0 Å². The summed E-state index contributed by atoms with van der Waals surface area (Å²) < 4.78 is 0. The Morgan fingerprint density at radius 3 is 2.50 bits per heavy atom. The molecule has 2 aromatic rings. The normalized spacial score (nSPS) is 9.50. The van der Waals surface area contributed by atoms with Crippen LogP contribution in [0.3, 0.4) is 0 Å². The SMILES string of the molecule is Cc1ccc2ccccc2c1C=O.S. The van der Waals surface area contributed by atoms with Gasteiger partial charge in [0.05, 0.1) is 0 Å². The Bertz CT molecular complexity index is 463. The average molecular weight is 204 g/mol. The first-order valence-corrected chi connectivity index (χ1v) is 4.26. The largest absolute Gasteiger partial charge is 0.298 e. The molecule has 0 aliphatic carbocycles. The van der Waals surface area contributed by atoms with Crippen LogP contribution in [0.15, 0.2) is 36.4 Å². The van der Waals surface area contributed by atoms with Crippen molar-refractivity contribution in [1.82, 2.24) is 0 Å². The van der Waals surface area contributed by atoms with Crippen molar-refractivity contribution in [2.75, 3.05) is 0 Å². The molecule has 0 heterocycles. The van der Waals surface area contributed by atoms with Gasteiger partial charge in [-0.25, -0.2) is 0 Å². The van der Waals surface area contributed by atoms with Gasteiger partial charge in [-0.15, -0.1) is 0 Å². The van der Waals surface area contributed by atoms with Crippen molar-refractivity contribution in [3.63, 3.8) is 0 Å². The monoisotopic (exact) mass is 204 g/mol. The van der Waals surface area contributed by atoms with E-state index in [1.807, 2.05) is 43.3 Å². The molecule has 0 fully saturated rings. The Morgan fingerprint density at radius 2 is 1.79 bits per heavy atom. The van der Waals surface area contributed by atoms with Crippen LogP contribution in [-0.4, -0.2) is 6.29 Å². The van der Waals surface area contributed by atoms with Gasteiger partial charge >= 0.3 is 0 Å². The Balaban J connectivity index is 0.000000980. The van der Waals surface area contributed by atoms with E-state index in [9.17, 15) is 4.79 Å². The molecule has 0 radical (unpaired) electrons. The first-order valence-electron chi connectivity index (χ1n) is 4.26. The molecule has 0 aliphatic heterocycles. The maximum atomic E-state index is 10.8. The molecule has 0 unspecified atom stereocenters. The van der Waals surface area contributed by atoms with Crippen LogP contribution in [0.4, 0.5) is 0 Å². The van der Waals surface area contributed by atoms with E-state index >= 15 is 0 Å². The van der Waals surface area contributed by atoms with Crippen molar-refractivity contribution in [3.8, 4) is 0 Å². The maximum absolute atomic E-state index is 10.8. The summed E-state index contributed by atoms with van der Waals surface area (Å²) in [6.45, 7) is 1.95. The zero-order valence-corrected chi connectivity index (χ0v) is 8.95. The van der Waals surface area contributed by atoms with Gasteiger partial charge in [-0.05, 0) is 23.3 Å². The van der Waals surface area contributed by atoms with E-state index in [0.29, 0.717) is 0 Å². The molecule has 0 atom stereocenters. The van der Waals surface area contributed by atoms with Gasteiger partial charge in [-0.2, -0.15) is 13.5 Å². The Kier molecular flexibility index (Phi) is 3.31. The second-order valence-electron chi connectivity index (χ2n) is 3.14. The van der Waals surface area contributed by atoms with E-state index < -0.39 is 0 Å². The number of hydrogen-bond donors (Lipinski definition) is 0. The van der Waals surface area contributed by atoms with Crippen LogP contribution in [0.1, 0.15) is 15.9 Å². The van der Waals surface area contributed by atoms with Gasteiger partial charge in [0.15, 0.2) is 6.29 Å². The summed E-state index contributed by atoms with van der Waals surface area (Å²) in [7, 11) is 0. The van der Waals surface area contributed by atoms with Crippen LogP contribution in [0.5, 0.6) is 0 Å². The molecule has 0 saturated heterocycles. The number of carbonyl (C=O) groups excluding carboxylic acids is 1. The fraction of sp³-hybridized carbons (Fsp3) is 0.0833. The average Bonchev–Trinajstić information content (AvgIpc) is 2.18. The fourth-order valence-corrected chi connectivity index (χ4v) is 1.56. The van der Waals surface area contributed by atoms with E-state index in [1.54, 1.807) is 0 Å². The first kappa shape index (κ1) is 10.8. The van der Waals surface area contributed by atoms with Crippen molar-refractivity contribution in [3.05, 3.63) is 47.5 Å². The molecule has 0 spiro atoms. The predicted octanol–water partition coefficient (Wildman–Crippen LogP) is 3.07. The topological polar surface area (TPSA) is 17.1 Å². The summed E-state index contributed by atoms with van der Waals surface area (Å²) in [5.41, 5.74) is 1.84. The molecule has 0 bridgehead atoms. The second-order valence-corrected chi connectivity index (χ2v) is 3.14. The summed E-state index contributed by atoms with van der Waals surface area (Å²) in [6.07, 6.45) is 0.928. The molecule has 1 nitrogen and oxygen atoms in total. The van der Waals surface area contributed by atoms with Crippen molar-refractivity contribution in [2.45, 2.75) is 6.92 Å². The minimum Gasteiger partial charge on any atom is -0.298 e. The van der Waals surface area contributed by atoms with Crippen LogP contribution in [0, 0.1) is 6.92 Å². The van der Waals surface area contributed by atoms with Crippen molar-refractivity contribution in [2.24, 2.45) is 0 Å². The third-order valence-electron chi connectivity index (χ3n) is 2.31. The van der Waals surface area contributed by atoms with Crippen molar-refractivity contribution in [1.29, 1.82) is 0 Å². The van der Waals surface area contributed by atoms with Gasteiger partial charge in [0.25, 0.3) is 0 Å². The molecule has 0 amide bonds. The third kappa shape index (κ3) is 1.66. The van der Waals surface area contributed by atoms with Crippen LogP contribution in [0.25, 0.3) is 10.8 Å². The van der Waals surface area contributed by atoms with Gasteiger partial charge in [-0.3, -0.25) is 4.79 Å². The zero-order valence-electron chi connectivity index (χ0n) is 7.95. The van der Waals surface area contributed by atoms with E-state index in [4.69, 9.17) is 0 Å². The highest BCUT2D eigenvalue weighted by molar-refractivity contribution is 7.59. The minimum atomic E-state index is 0. The molecule has 0 aliphatic rings. The van der Waals surface area contributed by atoms with Crippen LogP contribution in [0.2, 0.25) is 0 Å². The van der Waals surface area contributed by atoms with Crippen LogP contribution in [-0.2, 0) is 0 Å². The number of aldehydes is 1. The highest BCUT2D eigenvalue weighted by Gasteiger charge is 2.01. The van der Waals surface area contributed by atoms with Gasteiger partial charge < -0.3 is 0 Å². The Labute approximate surface area is 90.2 Å². The quantitative estimate of drug-likeness (QED) is 0.652. The van der Waals surface area contributed by atoms with E-state index in [0.717, 1.165) is 28.2 Å². The molecule has 72 valence electrons. The minimum absolute atomic E-state index is 0. The first-order chi connectivity index (χ1) is 6.33. The predicted molar refractivity (Wildman–Crippen MR) is 64.5 cm³/mol. The summed E-state index contributed by atoms with van der Waals surface area (Å²) in [5.74, 6) is 0. The number of aryl methyl sites for hydroxylation is 1. The molecule has 2 heteroatoms. The Hall–Kier alpha value is -1.28. The second kappa shape index (κ2) is 4.29. The summed E-state index contributed by atoms with van der Waals surface area (Å²) >= 11 is 0. The highest BCUT2D eigenvalue weighted by atomic mass is 32.1. The summed E-state index contributed by atoms with van der Waals surface area (Å²) in [5, 5.41) is 2.16. The molecular weight excluding hydrogens is 192 g/mol. The van der Waals surface area contributed by atoms with Crippen LogP contribution < -0.4 is 0 Å². The number of carbonyl (C=O) groups is 1.